The maximum Gasteiger partial charge on any atom is 0.345 e. The molecular weight excluding hydrogens is 524 g/mol. The summed E-state index contributed by atoms with van der Waals surface area (Å²) >= 11 is 0. The monoisotopic (exact) mass is 552 g/mol. The molecule has 0 amide bonds. The van der Waals surface area contributed by atoms with Gasteiger partial charge in [-0.05, 0) is 83.1 Å². The maximum atomic E-state index is 12.4. The third-order valence-corrected chi connectivity index (χ3v) is 5.86. The average Bonchev–Trinajstić information content (AvgIpc) is 2.90. The molecule has 0 unspecified atom stereocenters. The first kappa shape index (κ1) is 29.4. The Kier molecular flexibility index (Phi) is 9.61. The van der Waals surface area contributed by atoms with Gasteiger partial charge in [0.1, 0.15) is 0 Å². The van der Waals surface area contributed by atoms with Crippen molar-refractivity contribution in [3.05, 3.63) is 76.4 Å². The van der Waals surface area contributed by atoms with E-state index in [2.05, 4.69) is 0 Å². The molecule has 40 heavy (non-hydrogen) atoms. The van der Waals surface area contributed by atoms with Crippen molar-refractivity contribution in [2.45, 2.75) is 25.4 Å². The first-order chi connectivity index (χ1) is 19.0. The molecule has 1 atom stereocenters. The highest BCUT2D eigenvalue weighted by atomic mass is 16.6. The number of hydrogen-bond acceptors (Lipinski definition) is 10. The molecule has 11 nitrogen and oxygen atoms in total. The van der Waals surface area contributed by atoms with Crippen molar-refractivity contribution >= 4 is 30.2 Å². The summed E-state index contributed by atoms with van der Waals surface area (Å²) in [6.45, 7) is -0.0815. The number of carboxylic acids is 1. The van der Waals surface area contributed by atoms with E-state index in [1.165, 1.54) is 48.6 Å². The molecule has 0 aliphatic carbocycles. The quantitative estimate of drug-likeness (QED) is 0.0750. The highest BCUT2D eigenvalue weighted by Crippen LogP contribution is 2.33. The van der Waals surface area contributed by atoms with Crippen LogP contribution >= 0.6 is 0 Å². The summed E-state index contributed by atoms with van der Waals surface area (Å²) in [7, 11) is 0. The zero-order valence-electron chi connectivity index (χ0n) is 21.1. The number of phenols is 6. The van der Waals surface area contributed by atoms with Crippen LogP contribution in [0.15, 0.2) is 48.5 Å². The summed E-state index contributed by atoms with van der Waals surface area (Å²) in [5.74, 6) is -4.91. The second-order valence-electron chi connectivity index (χ2n) is 8.79. The highest BCUT2D eigenvalue weighted by Gasteiger charge is 2.22. The molecule has 0 bridgehead atoms. The Labute approximate surface area is 228 Å². The fraction of sp³-hybridized carbons (Fsp3) is 0.172. The molecule has 3 rings (SSSR count). The molecule has 0 aliphatic heterocycles. The Morgan fingerprint density at radius 2 is 1.27 bits per heavy atom. The van der Waals surface area contributed by atoms with Crippen molar-refractivity contribution in [1.82, 2.24) is 0 Å². The summed E-state index contributed by atoms with van der Waals surface area (Å²) in [5.41, 5.74) is 2.02. The van der Waals surface area contributed by atoms with Gasteiger partial charge in [0.15, 0.2) is 34.5 Å². The molecule has 8 N–H and O–H groups in total. The van der Waals surface area contributed by atoms with Crippen LogP contribution in [0.3, 0.4) is 0 Å². The Balaban J connectivity index is 1.84. The Hall–Kier alpha value is -5.16. The Morgan fingerprint density at radius 1 is 0.725 bits per heavy atom. The smallest absolute Gasteiger partial charge is 0.345 e. The van der Waals surface area contributed by atoms with Crippen LogP contribution in [0, 0.1) is 0 Å². The second-order valence-corrected chi connectivity index (χ2v) is 8.79. The van der Waals surface area contributed by atoms with Crippen LogP contribution in [0.25, 0.3) is 18.2 Å². The molecule has 0 heterocycles. The number of aryl methyl sites for hydroxylation is 1. The van der Waals surface area contributed by atoms with E-state index >= 15 is 0 Å². The van der Waals surface area contributed by atoms with Crippen LogP contribution < -0.4 is 0 Å². The third kappa shape index (κ3) is 7.68. The third-order valence-electron chi connectivity index (χ3n) is 5.86. The van der Waals surface area contributed by atoms with Crippen molar-refractivity contribution in [3.8, 4) is 34.5 Å². The van der Waals surface area contributed by atoms with E-state index in [0.29, 0.717) is 35.1 Å². The van der Waals surface area contributed by atoms with Crippen LogP contribution in [-0.4, -0.2) is 65.5 Å². The van der Waals surface area contributed by atoms with Crippen LogP contribution in [-0.2, 0) is 27.2 Å². The molecule has 0 aromatic heterocycles. The normalized spacial score (nSPS) is 12.1. The average molecular weight is 553 g/mol. The number of ether oxygens (including phenoxy) is 1. The molecule has 0 saturated heterocycles. The van der Waals surface area contributed by atoms with E-state index in [-0.39, 0.29) is 35.8 Å². The predicted molar refractivity (Wildman–Crippen MR) is 144 cm³/mol. The number of carbonyl (C=O) groups is 2. The van der Waals surface area contributed by atoms with Gasteiger partial charge in [-0.3, -0.25) is 0 Å². The molecular formula is C29H28O11. The number of aliphatic carboxylic acids is 1. The first-order valence-electron chi connectivity index (χ1n) is 12.0. The predicted octanol–water partition coefficient (Wildman–Crippen LogP) is 3.27. The van der Waals surface area contributed by atoms with Crippen molar-refractivity contribution in [2.24, 2.45) is 0 Å². The second kappa shape index (κ2) is 13.1. The van der Waals surface area contributed by atoms with Gasteiger partial charge in [0.25, 0.3) is 0 Å². The molecule has 0 fully saturated rings. The fourth-order valence-corrected chi connectivity index (χ4v) is 3.78. The lowest BCUT2D eigenvalue weighted by Gasteiger charge is -2.13. The van der Waals surface area contributed by atoms with Crippen molar-refractivity contribution in [3.63, 3.8) is 0 Å². The van der Waals surface area contributed by atoms with Gasteiger partial charge in [-0.15, -0.1) is 0 Å². The molecule has 210 valence electrons. The van der Waals surface area contributed by atoms with E-state index in [4.69, 9.17) is 9.84 Å². The number of aromatic hydroxyl groups is 6. The van der Waals surface area contributed by atoms with Gasteiger partial charge in [0, 0.05) is 19.1 Å². The first-order valence-corrected chi connectivity index (χ1v) is 12.0. The molecule has 0 aliphatic rings. The Bertz CT molecular complexity index is 1460. The number of esters is 1. The van der Waals surface area contributed by atoms with E-state index in [1.54, 1.807) is 6.08 Å². The summed E-state index contributed by atoms with van der Waals surface area (Å²) in [5, 5.41) is 77.4. The number of phenolic OH excluding ortho intramolecular Hbond substituents is 6. The number of aliphatic hydroxyl groups excluding tert-OH is 1. The lowest BCUT2D eigenvalue weighted by molar-refractivity contribution is -0.160. The van der Waals surface area contributed by atoms with E-state index < -0.39 is 35.3 Å². The minimum absolute atomic E-state index is 0.0815. The minimum Gasteiger partial charge on any atom is -0.504 e. The molecule has 3 aromatic rings. The zero-order valence-corrected chi connectivity index (χ0v) is 21.1. The van der Waals surface area contributed by atoms with Crippen LogP contribution in [0.4, 0.5) is 0 Å². The molecule has 11 heteroatoms. The van der Waals surface area contributed by atoms with Gasteiger partial charge in [0.2, 0.25) is 6.10 Å². The lowest BCUT2D eigenvalue weighted by atomic mass is 9.99. The van der Waals surface area contributed by atoms with Crippen molar-refractivity contribution in [2.75, 3.05) is 6.61 Å². The number of rotatable bonds is 11. The SMILES string of the molecule is O=C(C=Cc1cc(O)c(O)cc1C=Cc1cc(O)c(O)cc1CCCO)O[C@H](Cc1ccc(O)c(O)c1)C(=O)O. The summed E-state index contributed by atoms with van der Waals surface area (Å²) in [4.78, 5) is 24.1. The zero-order chi connectivity index (χ0) is 29.4. The maximum absolute atomic E-state index is 12.4. The van der Waals surface area contributed by atoms with Crippen molar-refractivity contribution < 1.29 is 55.2 Å². The van der Waals surface area contributed by atoms with Gasteiger partial charge in [0.05, 0.1) is 0 Å². The van der Waals surface area contributed by atoms with Crippen LogP contribution in [0.1, 0.15) is 34.2 Å². The summed E-state index contributed by atoms with van der Waals surface area (Å²) < 4.78 is 5.04. The highest BCUT2D eigenvalue weighted by molar-refractivity contribution is 5.90. The van der Waals surface area contributed by atoms with Crippen LogP contribution in [0.5, 0.6) is 34.5 Å². The molecule has 0 radical (unpaired) electrons. The summed E-state index contributed by atoms with van der Waals surface area (Å²) in [6.07, 6.45) is 4.20. The number of carbonyl (C=O) groups excluding carboxylic acids is 1. The largest absolute Gasteiger partial charge is 0.504 e. The van der Waals surface area contributed by atoms with Gasteiger partial charge >= 0.3 is 11.9 Å². The van der Waals surface area contributed by atoms with E-state index in [9.17, 15) is 45.3 Å². The molecule has 0 saturated carbocycles. The summed E-state index contributed by atoms with van der Waals surface area (Å²) in [6, 6.07) is 8.79. The van der Waals surface area contributed by atoms with Crippen molar-refractivity contribution in [1.29, 1.82) is 0 Å². The number of benzene rings is 3. The van der Waals surface area contributed by atoms with E-state index in [0.717, 1.165) is 12.1 Å². The number of hydrogen-bond donors (Lipinski definition) is 8. The number of carboxylic acid groups (broad SMARTS) is 1. The van der Waals surface area contributed by atoms with Gasteiger partial charge in [-0.1, -0.05) is 18.2 Å². The van der Waals surface area contributed by atoms with Gasteiger partial charge in [-0.25, -0.2) is 9.59 Å². The fourth-order valence-electron chi connectivity index (χ4n) is 3.78. The molecule has 3 aromatic carbocycles. The standard InChI is InChI=1S/C29H28O11/c30-9-1-2-17-12-23(33)24(34)13-18(17)4-5-19-14-25(35)26(36)15-20(19)6-8-28(37)40-27(29(38)39)11-16-3-7-21(31)22(32)10-16/h3-8,10,12-15,27,30-36H,1-2,9,11H2,(H,38,39)/t27-/m1/s1. The number of aliphatic hydroxyl groups is 1. The lowest BCUT2D eigenvalue weighted by Crippen LogP contribution is -2.28. The van der Waals surface area contributed by atoms with Gasteiger partial charge in [-0.2, -0.15) is 0 Å². The van der Waals surface area contributed by atoms with Crippen LogP contribution in [0.2, 0.25) is 0 Å². The molecule has 0 spiro atoms. The minimum atomic E-state index is -1.60. The van der Waals surface area contributed by atoms with E-state index in [1.807, 2.05) is 0 Å². The van der Waals surface area contributed by atoms with Gasteiger partial charge < -0.3 is 45.6 Å². The Morgan fingerprint density at radius 3 is 1.88 bits per heavy atom. The topological polar surface area (TPSA) is 205 Å².